The molecular formula is C12H20ClN3O. The second-order valence-electron chi connectivity index (χ2n) is 4.60. The van der Waals surface area contributed by atoms with Crippen LogP contribution in [-0.2, 0) is 18.3 Å². The Kier molecular flexibility index (Phi) is 4.07. The lowest BCUT2D eigenvalue weighted by Crippen LogP contribution is -2.45. The normalized spacial score (nSPS) is 23.8. The summed E-state index contributed by atoms with van der Waals surface area (Å²) in [5, 5.41) is 8.57. The van der Waals surface area contributed by atoms with E-state index in [1.165, 1.54) is 0 Å². The summed E-state index contributed by atoms with van der Waals surface area (Å²) in [4.78, 5) is 0. The molecule has 0 unspecified atom stereocenters. The van der Waals surface area contributed by atoms with Gasteiger partial charge in [-0.2, -0.15) is 5.10 Å². The van der Waals surface area contributed by atoms with E-state index in [0.29, 0.717) is 12.1 Å². The quantitative estimate of drug-likeness (QED) is 0.878. The topological polar surface area (TPSA) is 39.1 Å². The second-order valence-corrected chi connectivity index (χ2v) is 4.97. The molecule has 5 heteroatoms. The van der Waals surface area contributed by atoms with Crippen LogP contribution in [0.4, 0.5) is 0 Å². The maximum Gasteiger partial charge on any atom is 0.0860 e. The fourth-order valence-corrected chi connectivity index (χ4v) is 2.44. The van der Waals surface area contributed by atoms with E-state index in [1.807, 2.05) is 25.6 Å². The molecule has 4 nitrogen and oxygen atoms in total. The van der Waals surface area contributed by atoms with Crippen LogP contribution >= 0.6 is 11.6 Å². The molecular weight excluding hydrogens is 238 g/mol. The van der Waals surface area contributed by atoms with Crippen LogP contribution in [0.15, 0.2) is 0 Å². The minimum absolute atomic E-state index is 0.446. The maximum atomic E-state index is 6.19. The standard InChI is InChI=1S/C12H20ClN3O/c1-4-17-10-5-9(6-10)14-7-11-12(13)8(2)15-16(11)3/h9-10,14H,4-7H2,1-3H3. The fraction of sp³-hybridized carbons (Fsp3) is 0.750. The highest BCUT2D eigenvalue weighted by Gasteiger charge is 2.29. The molecule has 0 atom stereocenters. The first kappa shape index (κ1) is 12.9. The van der Waals surface area contributed by atoms with Crippen LogP contribution < -0.4 is 5.32 Å². The summed E-state index contributed by atoms with van der Waals surface area (Å²) in [5.74, 6) is 0. The Morgan fingerprint density at radius 3 is 2.76 bits per heavy atom. The van der Waals surface area contributed by atoms with Crippen molar-refractivity contribution in [3.8, 4) is 0 Å². The molecule has 1 N–H and O–H groups in total. The van der Waals surface area contributed by atoms with E-state index in [1.54, 1.807) is 0 Å². The lowest BCUT2D eigenvalue weighted by molar-refractivity contribution is -0.0103. The zero-order valence-corrected chi connectivity index (χ0v) is 11.4. The smallest absolute Gasteiger partial charge is 0.0860 e. The Hall–Kier alpha value is -0.580. The summed E-state index contributed by atoms with van der Waals surface area (Å²) < 4.78 is 7.38. The fourth-order valence-electron chi connectivity index (χ4n) is 2.22. The van der Waals surface area contributed by atoms with E-state index < -0.39 is 0 Å². The van der Waals surface area contributed by atoms with Crippen molar-refractivity contribution in [3.05, 3.63) is 16.4 Å². The van der Waals surface area contributed by atoms with Gasteiger partial charge in [0.25, 0.3) is 0 Å². The van der Waals surface area contributed by atoms with Crippen molar-refractivity contribution in [1.82, 2.24) is 15.1 Å². The van der Waals surface area contributed by atoms with Crippen LogP contribution in [0.25, 0.3) is 0 Å². The highest BCUT2D eigenvalue weighted by atomic mass is 35.5. The van der Waals surface area contributed by atoms with Gasteiger partial charge in [0.15, 0.2) is 0 Å². The minimum Gasteiger partial charge on any atom is -0.378 e. The zero-order valence-electron chi connectivity index (χ0n) is 10.7. The van der Waals surface area contributed by atoms with Crippen molar-refractivity contribution in [1.29, 1.82) is 0 Å². The van der Waals surface area contributed by atoms with Gasteiger partial charge in [0.2, 0.25) is 0 Å². The van der Waals surface area contributed by atoms with Crippen molar-refractivity contribution < 1.29 is 4.74 Å². The molecule has 1 saturated carbocycles. The third-order valence-electron chi connectivity index (χ3n) is 3.32. The first-order chi connectivity index (χ1) is 8.11. The summed E-state index contributed by atoms with van der Waals surface area (Å²) in [6.45, 7) is 5.56. The number of rotatable bonds is 5. The van der Waals surface area contributed by atoms with Gasteiger partial charge in [0, 0.05) is 26.2 Å². The molecule has 1 fully saturated rings. The predicted octanol–water partition coefficient (Wildman–Crippen LogP) is 2.04. The second kappa shape index (κ2) is 5.38. The molecule has 1 aromatic heterocycles. The van der Waals surface area contributed by atoms with Crippen molar-refractivity contribution in [2.24, 2.45) is 7.05 Å². The van der Waals surface area contributed by atoms with Gasteiger partial charge in [-0.05, 0) is 26.7 Å². The van der Waals surface area contributed by atoms with Crippen LogP contribution in [0.2, 0.25) is 5.02 Å². The summed E-state index contributed by atoms with van der Waals surface area (Å²) in [6, 6.07) is 0.554. The summed E-state index contributed by atoms with van der Waals surface area (Å²) in [6.07, 6.45) is 2.64. The van der Waals surface area contributed by atoms with Gasteiger partial charge in [0.1, 0.15) is 0 Å². The van der Waals surface area contributed by atoms with E-state index in [4.69, 9.17) is 16.3 Å². The van der Waals surface area contributed by atoms with E-state index in [9.17, 15) is 0 Å². The monoisotopic (exact) mass is 257 g/mol. The number of nitrogens with zero attached hydrogens (tertiary/aromatic N) is 2. The first-order valence-corrected chi connectivity index (χ1v) is 6.52. The lowest BCUT2D eigenvalue weighted by Gasteiger charge is -2.35. The number of hydrogen-bond donors (Lipinski definition) is 1. The van der Waals surface area contributed by atoms with Gasteiger partial charge in [-0.1, -0.05) is 11.6 Å². The molecule has 0 aliphatic heterocycles. The zero-order chi connectivity index (χ0) is 12.4. The highest BCUT2D eigenvalue weighted by molar-refractivity contribution is 6.31. The average molecular weight is 258 g/mol. The number of hydrogen-bond acceptors (Lipinski definition) is 3. The average Bonchev–Trinajstić information content (AvgIpc) is 2.47. The van der Waals surface area contributed by atoms with Gasteiger partial charge >= 0.3 is 0 Å². The van der Waals surface area contributed by atoms with Gasteiger partial charge < -0.3 is 10.1 Å². The van der Waals surface area contributed by atoms with Crippen molar-refractivity contribution in [2.45, 2.75) is 45.4 Å². The van der Waals surface area contributed by atoms with Gasteiger partial charge in [-0.3, -0.25) is 4.68 Å². The molecule has 1 heterocycles. The van der Waals surface area contributed by atoms with Gasteiger partial charge in [-0.25, -0.2) is 0 Å². The molecule has 0 spiro atoms. The van der Waals surface area contributed by atoms with Crippen molar-refractivity contribution in [2.75, 3.05) is 6.61 Å². The molecule has 0 bridgehead atoms. The number of nitrogens with one attached hydrogen (secondary N) is 1. The molecule has 0 radical (unpaired) electrons. The largest absolute Gasteiger partial charge is 0.378 e. The Morgan fingerprint density at radius 2 is 2.24 bits per heavy atom. The third kappa shape index (κ3) is 2.81. The number of halogens is 1. The Bertz CT molecular complexity index is 385. The number of ether oxygens (including phenoxy) is 1. The summed E-state index contributed by atoms with van der Waals surface area (Å²) in [5.41, 5.74) is 1.95. The summed E-state index contributed by atoms with van der Waals surface area (Å²) >= 11 is 6.19. The SMILES string of the molecule is CCOC1CC(NCc2c(Cl)c(C)nn2C)C1. The molecule has 1 aromatic rings. The third-order valence-corrected chi connectivity index (χ3v) is 3.81. The number of aryl methyl sites for hydroxylation is 2. The molecule has 0 aromatic carbocycles. The van der Waals surface area contributed by atoms with Crippen LogP contribution in [-0.4, -0.2) is 28.5 Å². The van der Waals surface area contributed by atoms with Crippen molar-refractivity contribution >= 4 is 11.6 Å². The molecule has 0 amide bonds. The Morgan fingerprint density at radius 1 is 1.53 bits per heavy atom. The predicted molar refractivity (Wildman–Crippen MR) is 68.2 cm³/mol. The van der Waals surface area contributed by atoms with Crippen LogP contribution in [0, 0.1) is 6.92 Å². The lowest BCUT2D eigenvalue weighted by atomic mass is 9.89. The molecule has 1 aliphatic rings. The van der Waals surface area contributed by atoms with Crippen LogP contribution in [0.3, 0.4) is 0 Å². The van der Waals surface area contributed by atoms with E-state index >= 15 is 0 Å². The van der Waals surface area contributed by atoms with Gasteiger partial charge in [0.05, 0.1) is 22.5 Å². The summed E-state index contributed by atoms with van der Waals surface area (Å²) in [7, 11) is 1.93. The molecule has 17 heavy (non-hydrogen) atoms. The first-order valence-electron chi connectivity index (χ1n) is 6.14. The highest BCUT2D eigenvalue weighted by Crippen LogP contribution is 2.25. The van der Waals surface area contributed by atoms with Crippen molar-refractivity contribution in [3.63, 3.8) is 0 Å². The van der Waals surface area contributed by atoms with Gasteiger partial charge in [-0.15, -0.1) is 0 Å². The molecule has 1 aliphatic carbocycles. The Labute approximate surface area is 107 Å². The van der Waals surface area contributed by atoms with E-state index in [2.05, 4.69) is 10.4 Å². The molecule has 0 saturated heterocycles. The van der Waals surface area contributed by atoms with Crippen LogP contribution in [0.1, 0.15) is 31.2 Å². The Balaban J connectivity index is 1.80. The van der Waals surface area contributed by atoms with Crippen LogP contribution in [0.5, 0.6) is 0 Å². The minimum atomic E-state index is 0.446. The number of aromatic nitrogens is 2. The maximum absolute atomic E-state index is 6.19. The van der Waals surface area contributed by atoms with E-state index in [-0.39, 0.29) is 0 Å². The van der Waals surface area contributed by atoms with E-state index in [0.717, 1.165) is 42.4 Å². The molecule has 96 valence electrons. The molecule has 2 rings (SSSR count).